The van der Waals surface area contributed by atoms with E-state index in [0.29, 0.717) is 16.5 Å². The zero-order valence-electron chi connectivity index (χ0n) is 13.4. The van der Waals surface area contributed by atoms with Crippen LogP contribution in [0, 0.1) is 11.3 Å². The van der Waals surface area contributed by atoms with E-state index in [-0.39, 0.29) is 23.4 Å². The van der Waals surface area contributed by atoms with Gasteiger partial charge in [-0.15, -0.1) is 5.10 Å². The first kappa shape index (κ1) is 16.1. The predicted molar refractivity (Wildman–Crippen MR) is 90.5 cm³/mol. The molecule has 6 nitrogen and oxygen atoms in total. The number of aromatic amines is 1. The van der Waals surface area contributed by atoms with Gasteiger partial charge >= 0.3 is 5.76 Å². The largest absolute Gasteiger partial charge is 0.434 e. The van der Waals surface area contributed by atoms with E-state index in [4.69, 9.17) is 21.8 Å². The van der Waals surface area contributed by atoms with Crippen LogP contribution in [0.3, 0.4) is 0 Å². The molecule has 2 aromatic rings. The number of nitrogens with two attached hydrogens (primary N) is 1. The second kappa shape index (κ2) is 5.69. The van der Waals surface area contributed by atoms with E-state index in [2.05, 4.69) is 36.3 Å². The zero-order chi connectivity index (χ0) is 16.8. The van der Waals surface area contributed by atoms with Crippen LogP contribution >= 0.6 is 11.6 Å². The number of benzene rings is 1. The van der Waals surface area contributed by atoms with Gasteiger partial charge in [-0.3, -0.25) is 0 Å². The molecule has 0 aliphatic heterocycles. The Morgan fingerprint density at radius 1 is 1.52 bits per heavy atom. The molecule has 1 fully saturated rings. The van der Waals surface area contributed by atoms with Gasteiger partial charge in [0, 0.05) is 17.6 Å². The molecule has 1 aliphatic carbocycles. The summed E-state index contributed by atoms with van der Waals surface area (Å²) in [6.07, 6.45) is 0.993. The summed E-state index contributed by atoms with van der Waals surface area (Å²) in [6, 6.07) is 5.82. The van der Waals surface area contributed by atoms with Crippen molar-refractivity contribution in [3.8, 4) is 11.5 Å². The quantitative estimate of drug-likeness (QED) is 0.797. The molecule has 1 heterocycles. The first-order chi connectivity index (χ1) is 10.8. The van der Waals surface area contributed by atoms with Crippen molar-refractivity contribution in [1.29, 1.82) is 0 Å². The minimum atomic E-state index is -0.581. The third kappa shape index (κ3) is 2.88. The third-order valence-corrected chi connectivity index (χ3v) is 5.39. The van der Waals surface area contributed by atoms with Crippen molar-refractivity contribution >= 4 is 17.3 Å². The van der Waals surface area contributed by atoms with Crippen LogP contribution in [0.1, 0.15) is 27.2 Å². The van der Waals surface area contributed by atoms with Gasteiger partial charge in [0.2, 0.25) is 5.89 Å². The molecule has 0 radical (unpaired) electrons. The highest BCUT2D eigenvalue weighted by Gasteiger charge is 2.48. The first-order valence-electron chi connectivity index (χ1n) is 7.66. The van der Waals surface area contributed by atoms with E-state index in [9.17, 15) is 4.79 Å². The van der Waals surface area contributed by atoms with Gasteiger partial charge in [0.05, 0.1) is 10.7 Å². The number of anilines is 1. The van der Waals surface area contributed by atoms with Crippen molar-refractivity contribution in [3.05, 3.63) is 33.8 Å². The Kier molecular flexibility index (Phi) is 3.98. The average molecular weight is 337 g/mol. The smallest absolute Gasteiger partial charge is 0.388 e. The maximum atomic E-state index is 11.1. The number of aromatic nitrogens is 2. The van der Waals surface area contributed by atoms with Crippen molar-refractivity contribution in [2.45, 2.75) is 39.3 Å². The molecule has 124 valence electrons. The first-order valence-corrected chi connectivity index (χ1v) is 8.04. The fraction of sp³-hybridized carbons (Fsp3) is 0.500. The van der Waals surface area contributed by atoms with Crippen molar-refractivity contribution < 1.29 is 4.42 Å². The molecule has 1 saturated carbocycles. The lowest BCUT2D eigenvalue weighted by molar-refractivity contribution is 0.0272. The predicted octanol–water partition coefficient (Wildman–Crippen LogP) is 2.86. The molecule has 0 amide bonds. The Hall–Kier alpha value is -1.79. The number of halogens is 1. The lowest BCUT2D eigenvalue weighted by Crippen LogP contribution is -2.59. The molecule has 0 saturated heterocycles. The lowest BCUT2D eigenvalue weighted by Gasteiger charge is -2.53. The molecule has 1 aromatic carbocycles. The van der Waals surface area contributed by atoms with Crippen LogP contribution in [0.15, 0.2) is 27.4 Å². The second-order valence-electron chi connectivity index (χ2n) is 6.82. The summed E-state index contributed by atoms with van der Waals surface area (Å²) in [7, 11) is 0. The monoisotopic (exact) mass is 336 g/mol. The second-order valence-corrected chi connectivity index (χ2v) is 7.22. The summed E-state index contributed by atoms with van der Waals surface area (Å²) in [5.41, 5.74) is 7.68. The maximum absolute atomic E-state index is 11.1. The molecular formula is C16H21ClN4O2. The van der Waals surface area contributed by atoms with Gasteiger partial charge in [-0.2, -0.15) is 0 Å². The topological polar surface area (TPSA) is 96.9 Å². The summed E-state index contributed by atoms with van der Waals surface area (Å²) in [5.74, 6) is 0.136. The molecule has 3 rings (SSSR count). The standard InChI is InChI=1S/C16H21ClN4O2/c1-8(10-7-13(18)16(10,2)3)19-12-6-9(4-5-11(12)17)14-20-21-15(22)23-14/h4-6,8,10,13,19H,7,18H2,1-3H3,(H,21,22)/t8-,10-,13-/m0/s1. The fourth-order valence-corrected chi connectivity index (χ4v) is 3.48. The molecular weight excluding hydrogens is 316 g/mol. The third-order valence-electron chi connectivity index (χ3n) is 5.06. The Morgan fingerprint density at radius 2 is 2.26 bits per heavy atom. The Labute approximate surface area is 139 Å². The highest BCUT2D eigenvalue weighted by Crippen LogP contribution is 2.47. The summed E-state index contributed by atoms with van der Waals surface area (Å²) < 4.78 is 4.99. The van der Waals surface area contributed by atoms with E-state index in [1.165, 1.54) is 0 Å². The Morgan fingerprint density at radius 3 is 2.83 bits per heavy atom. The average Bonchev–Trinajstić information content (AvgIpc) is 2.93. The van der Waals surface area contributed by atoms with Crippen LogP contribution in [0.2, 0.25) is 5.02 Å². The number of hydrogen-bond acceptors (Lipinski definition) is 5. The van der Waals surface area contributed by atoms with Crippen molar-refractivity contribution in [2.24, 2.45) is 17.1 Å². The van der Waals surface area contributed by atoms with Gasteiger partial charge in [0.1, 0.15) is 0 Å². The fourth-order valence-electron chi connectivity index (χ4n) is 3.31. The molecule has 4 N–H and O–H groups in total. The highest BCUT2D eigenvalue weighted by molar-refractivity contribution is 6.33. The van der Waals surface area contributed by atoms with Crippen LogP contribution < -0.4 is 16.8 Å². The van der Waals surface area contributed by atoms with Crippen LogP contribution in [-0.2, 0) is 0 Å². The molecule has 1 aliphatic rings. The summed E-state index contributed by atoms with van der Waals surface area (Å²) in [5, 5.41) is 10.2. The SMILES string of the molecule is C[C@H](Nc1cc(-c2n[nH]c(=O)o2)ccc1Cl)[C@@H]1C[C@H](N)C1(C)C. The molecule has 0 unspecified atom stereocenters. The van der Waals surface area contributed by atoms with Gasteiger partial charge < -0.3 is 15.5 Å². The summed E-state index contributed by atoms with van der Waals surface area (Å²) in [4.78, 5) is 11.1. The Balaban J connectivity index is 1.81. The molecule has 0 bridgehead atoms. The van der Waals surface area contributed by atoms with E-state index in [1.54, 1.807) is 12.1 Å². The van der Waals surface area contributed by atoms with E-state index in [1.807, 2.05) is 6.07 Å². The van der Waals surface area contributed by atoms with Crippen LogP contribution in [0.25, 0.3) is 11.5 Å². The van der Waals surface area contributed by atoms with Crippen LogP contribution in [0.4, 0.5) is 5.69 Å². The molecule has 7 heteroatoms. The van der Waals surface area contributed by atoms with Crippen molar-refractivity contribution in [2.75, 3.05) is 5.32 Å². The number of rotatable bonds is 4. The number of nitrogens with one attached hydrogen (secondary N) is 2. The van der Waals surface area contributed by atoms with Crippen molar-refractivity contribution in [1.82, 2.24) is 10.2 Å². The van der Waals surface area contributed by atoms with Gasteiger partial charge in [-0.05, 0) is 42.9 Å². The lowest BCUT2D eigenvalue weighted by atomic mass is 9.56. The van der Waals surface area contributed by atoms with Gasteiger partial charge in [0.25, 0.3) is 0 Å². The Bertz CT molecular complexity index is 767. The van der Waals surface area contributed by atoms with Crippen molar-refractivity contribution in [3.63, 3.8) is 0 Å². The van der Waals surface area contributed by atoms with E-state index in [0.717, 1.165) is 12.1 Å². The van der Waals surface area contributed by atoms with Gasteiger partial charge in [-0.1, -0.05) is 25.4 Å². The molecule has 0 spiro atoms. The van der Waals surface area contributed by atoms with E-state index < -0.39 is 5.76 Å². The minimum absolute atomic E-state index is 0.103. The summed E-state index contributed by atoms with van der Waals surface area (Å²) in [6.45, 7) is 6.52. The summed E-state index contributed by atoms with van der Waals surface area (Å²) >= 11 is 6.29. The van der Waals surface area contributed by atoms with Gasteiger partial charge in [0.15, 0.2) is 0 Å². The van der Waals surface area contributed by atoms with Gasteiger partial charge in [-0.25, -0.2) is 9.89 Å². The zero-order valence-corrected chi connectivity index (χ0v) is 14.1. The molecule has 23 heavy (non-hydrogen) atoms. The molecule has 1 aromatic heterocycles. The molecule has 3 atom stereocenters. The minimum Gasteiger partial charge on any atom is -0.388 e. The number of H-pyrrole nitrogens is 1. The maximum Gasteiger partial charge on any atom is 0.434 e. The van der Waals surface area contributed by atoms with Crippen LogP contribution in [0.5, 0.6) is 0 Å². The van der Waals surface area contributed by atoms with Crippen LogP contribution in [-0.4, -0.2) is 22.3 Å². The number of nitrogens with zero attached hydrogens (tertiary/aromatic N) is 1. The highest BCUT2D eigenvalue weighted by atomic mass is 35.5. The van der Waals surface area contributed by atoms with E-state index >= 15 is 0 Å². The normalized spacial score (nSPS) is 24.0. The number of hydrogen-bond donors (Lipinski definition) is 3.